The van der Waals surface area contributed by atoms with E-state index in [1.54, 1.807) is 7.11 Å². The van der Waals surface area contributed by atoms with Gasteiger partial charge in [-0.25, -0.2) is 0 Å². The quantitative estimate of drug-likeness (QED) is 0.700. The Kier molecular flexibility index (Phi) is 6.62. The minimum absolute atomic E-state index is 0.153. The van der Waals surface area contributed by atoms with E-state index in [2.05, 4.69) is 45.2 Å². The highest BCUT2D eigenvalue weighted by Gasteiger charge is 2.33. The van der Waals surface area contributed by atoms with Crippen LogP contribution in [0.15, 0.2) is 16.9 Å². The topological polar surface area (TPSA) is 72.5 Å². The van der Waals surface area contributed by atoms with Gasteiger partial charge in [-0.1, -0.05) is 12.1 Å². The van der Waals surface area contributed by atoms with Gasteiger partial charge >= 0.3 is 0 Å². The van der Waals surface area contributed by atoms with Crippen molar-refractivity contribution in [2.75, 3.05) is 33.8 Å². The van der Waals surface area contributed by atoms with Crippen molar-refractivity contribution in [3.63, 3.8) is 0 Å². The molecule has 0 unspecified atom stereocenters. The maximum absolute atomic E-state index is 5.40. The van der Waals surface area contributed by atoms with Crippen LogP contribution >= 0.6 is 0 Å². The van der Waals surface area contributed by atoms with Crippen molar-refractivity contribution < 1.29 is 9.26 Å². The SMILES string of the molecule is CCN1CCC[C@@H](CN(C)Cc2nc([C@@H](C)OC)no2)[C@@H]1c1cnn(C)c1. The largest absolute Gasteiger partial charge is 0.374 e. The van der Waals surface area contributed by atoms with E-state index in [0.717, 1.165) is 19.6 Å². The Hall–Kier alpha value is -1.77. The van der Waals surface area contributed by atoms with Gasteiger partial charge in [-0.15, -0.1) is 0 Å². The van der Waals surface area contributed by atoms with Crippen LogP contribution in [-0.4, -0.2) is 63.5 Å². The Morgan fingerprint density at radius 3 is 2.93 bits per heavy atom. The average molecular weight is 377 g/mol. The van der Waals surface area contributed by atoms with Gasteiger partial charge in [0.25, 0.3) is 0 Å². The predicted molar refractivity (Wildman–Crippen MR) is 102 cm³/mol. The smallest absolute Gasteiger partial charge is 0.240 e. The number of nitrogens with zero attached hydrogens (tertiary/aromatic N) is 6. The fourth-order valence-electron chi connectivity index (χ4n) is 4.07. The molecule has 0 amide bonds. The molecule has 1 aliphatic heterocycles. The standard InChI is InChI=1S/C19H32N6O2/c1-6-25-9-7-8-15(18(25)16-10-20-24(4)12-16)11-23(3)13-17-21-19(22-27-17)14(2)26-5/h10,12,14-15,18H,6-9,11,13H2,1-5H3/t14-,15+,18-/m1/s1. The van der Waals surface area contributed by atoms with Crippen molar-refractivity contribution in [1.82, 2.24) is 29.7 Å². The van der Waals surface area contributed by atoms with E-state index in [9.17, 15) is 0 Å². The van der Waals surface area contributed by atoms with Crippen LogP contribution in [0.25, 0.3) is 0 Å². The van der Waals surface area contributed by atoms with Gasteiger partial charge < -0.3 is 9.26 Å². The maximum Gasteiger partial charge on any atom is 0.240 e. The molecule has 0 aromatic carbocycles. The summed E-state index contributed by atoms with van der Waals surface area (Å²) in [5.41, 5.74) is 1.31. The average Bonchev–Trinajstić information content (AvgIpc) is 3.29. The van der Waals surface area contributed by atoms with Crippen LogP contribution in [0.2, 0.25) is 0 Å². The van der Waals surface area contributed by atoms with Crippen molar-refractivity contribution in [1.29, 1.82) is 0 Å². The summed E-state index contributed by atoms with van der Waals surface area (Å²) in [6.45, 7) is 7.99. The molecule has 8 heteroatoms. The van der Waals surface area contributed by atoms with Gasteiger partial charge in [0.1, 0.15) is 6.10 Å². The van der Waals surface area contributed by atoms with Crippen molar-refractivity contribution in [3.8, 4) is 0 Å². The molecule has 3 atom stereocenters. The van der Waals surface area contributed by atoms with Crippen LogP contribution in [0, 0.1) is 5.92 Å². The number of hydrogen-bond donors (Lipinski definition) is 0. The molecule has 8 nitrogen and oxygen atoms in total. The van der Waals surface area contributed by atoms with E-state index in [1.807, 2.05) is 24.9 Å². The van der Waals surface area contributed by atoms with E-state index in [1.165, 1.54) is 18.4 Å². The molecule has 1 aliphatic rings. The highest BCUT2D eigenvalue weighted by atomic mass is 16.5. The molecule has 3 rings (SSSR count). The summed E-state index contributed by atoms with van der Waals surface area (Å²) in [5.74, 6) is 1.79. The number of aromatic nitrogens is 4. The van der Waals surface area contributed by atoms with Gasteiger partial charge in [0.2, 0.25) is 5.89 Å². The first kappa shape index (κ1) is 20.0. The van der Waals surface area contributed by atoms with Crippen LogP contribution in [0.5, 0.6) is 0 Å². The van der Waals surface area contributed by atoms with E-state index in [4.69, 9.17) is 9.26 Å². The van der Waals surface area contributed by atoms with Gasteiger partial charge in [-0.3, -0.25) is 14.5 Å². The first-order chi connectivity index (χ1) is 13.0. The molecule has 27 heavy (non-hydrogen) atoms. The molecule has 0 N–H and O–H groups in total. The Morgan fingerprint density at radius 2 is 2.26 bits per heavy atom. The molecular weight excluding hydrogens is 344 g/mol. The fraction of sp³-hybridized carbons (Fsp3) is 0.737. The molecule has 1 saturated heterocycles. The summed E-state index contributed by atoms with van der Waals surface area (Å²) >= 11 is 0. The summed E-state index contributed by atoms with van der Waals surface area (Å²) in [6, 6.07) is 0.409. The van der Waals surface area contributed by atoms with Gasteiger partial charge in [-0.2, -0.15) is 10.1 Å². The first-order valence-corrected chi connectivity index (χ1v) is 9.78. The zero-order valence-corrected chi connectivity index (χ0v) is 17.1. The van der Waals surface area contributed by atoms with Crippen molar-refractivity contribution in [2.45, 2.75) is 45.4 Å². The second kappa shape index (κ2) is 8.95. The van der Waals surface area contributed by atoms with Crippen LogP contribution < -0.4 is 0 Å². The Bertz CT molecular complexity index is 715. The van der Waals surface area contributed by atoms with Gasteiger partial charge in [-0.05, 0) is 45.8 Å². The molecule has 2 aromatic rings. The number of piperidine rings is 1. The third-order valence-electron chi connectivity index (χ3n) is 5.49. The van der Waals surface area contributed by atoms with E-state index in [-0.39, 0.29) is 6.10 Å². The first-order valence-electron chi connectivity index (χ1n) is 9.78. The summed E-state index contributed by atoms with van der Waals surface area (Å²) in [5, 5.41) is 8.42. The number of aryl methyl sites for hydroxylation is 1. The van der Waals surface area contributed by atoms with E-state index < -0.39 is 0 Å². The molecular formula is C19H32N6O2. The number of likely N-dealkylation sites (tertiary alicyclic amines) is 1. The highest BCUT2D eigenvalue weighted by molar-refractivity contribution is 5.13. The third kappa shape index (κ3) is 4.75. The number of methoxy groups -OCH3 is 1. The lowest BCUT2D eigenvalue weighted by Gasteiger charge is -2.41. The fourth-order valence-corrected chi connectivity index (χ4v) is 4.07. The van der Waals surface area contributed by atoms with Crippen LogP contribution in [-0.2, 0) is 18.3 Å². The zero-order chi connectivity index (χ0) is 19.4. The third-order valence-corrected chi connectivity index (χ3v) is 5.49. The van der Waals surface area contributed by atoms with Crippen molar-refractivity contribution in [2.24, 2.45) is 13.0 Å². The second-order valence-corrected chi connectivity index (χ2v) is 7.54. The van der Waals surface area contributed by atoms with Gasteiger partial charge in [0.05, 0.1) is 12.7 Å². The summed E-state index contributed by atoms with van der Waals surface area (Å²) < 4.78 is 12.5. The lowest BCUT2D eigenvalue weighted by molar-refractivity contribution is 0.0726. The number of rotatable bonds is 8. The Labute approximate surface area is 161 Å². The van der Waals surface area contributed by atoms with E-state index in [0.29, 0.717) is 30.2 Å². The number of ether oxygens (including phenoxy) is 1. The molecule has 150 valence electrons. The van der Waals surface area contributed by atoms with Crippen LogP contribution in [0.1, 0.15) is 56.1 Å². The molecule has 0 spiro atoms. The van der Waals surface area contributed by atoms with E-state index >= 15 is 0 Å². The van der Waals surface area contributed by atoms with Gasteiger partial charge in [0.15, 0.2) is 5.82 Å². The molecule has 2 aromatic heterocycles. The highest BCUT2D eigenvalue weighted by Crippen LogP contribution is 2.36. The minimum Gasteiger partial charge on any atom is -0.374 e. The Morgan fingerprint density at radius 1 is 1.44 bits per heavy atom. The molecule has 1 fully saturated rings. The monoisotopic (exact) mass is 376 g/mol. The maximum atomic E-state index is 5.40. The van der Waals surface area contributed by atoms with Crippen LogP contribution in [0.3, 0.4) is 0 Å². The minimum atomic E-state index is -0.153. The molecule has 0 radical (unpaired) electrons. The molecule has 0 aliphatic carbocycles. The normalized spacial score (nSPS) is 22.4. The van der Waals surface area contributed by atoms with Gasteiger partial charge in [0, 0.05) is 38.5 Å². The molecule has 0 saturated carbocycles. The zero-order valence-electron chi connectivity index (χ0n) is 17.1. The van der Waals surface area contributed by atoms with Crippen molar-refractivity contribution >= 4 is 0 Å². The molecule has 0 bridgehead atoms. The summed E-state index contributed by atoms with van der Waals surface area (Å²) in [4.78, 5) is 9.31. The predicted octanol–water partition coefficient (Wildman–Crippen LogP) is 2.42. The summed E-state index contributed by atoms with van der Waals surface area (Å²) in [7, 11) is 5.75. The lowest BCUT2D eigenvalue weighted by atomic mass is 9.85. The molecule has 3 heterocycles. The summed E-state index contributed by atoms with van der Waals surface area (Å²) in [6.07, 6.45) is 6.47. The lowest BCUT2D eigenvalue weighted by Crippen LogP contribution is -2.42. The Balaban J connectivity index is 1.67. The second-order valence-electron chi connectivity index (χ2n) is 7.54. The van der Waals surface area contributed by atoms with Crippen molar-refractivity contribution in [3.05, 3.63) is 29.7 Å². The number of hydrogen-bond acceptors (Lipinski definition) is 7. The van der Waals surface area contributed by atoms with Crippen LogP contribution in [0.4, 0.5) is 0 Å².